The normalized spacial score (nSPS) is 11.3. The van der Waals surface area contributed by atoms with Crippen molar-refractivity contribution in [2.24, 2.45) is 0 Å². The van der Waals surface area contributed by atoms with Crippen LogP contribution in [0.1, 0.15) is 324 Å². The quantitative estimate of drug-likeness (QED) is 0.0238. The molecular formula is C114H168O21. The molecule has 0 saturated carbocycles. The first-order valence-electron chi connectivity index (χ1n) is 52.1. The third kappa shape index (κ3) is 54.8. The summed E-state index contributed by atoms with van der Waals surface area (Å²) >= 11 is 0. The highest BCUT2D eigenvalue weighted by molar-refractivity contribution is 5.68. The van der Waals surface area contributed by atoms with Gasteiger partial charge in [0.1, 0.15) is 54.3 Å². The molecule has 0 amide bonds. The Morgan fingerprint density at radius 1 is 0.163 bits per heavy atom. The third-order valence-electron chi connectivity index (χ3n) is 22.9. The molecule has 0 saturated heterocycles. The summed E-state index contributed by atoms with van der Waals surface area (Å²) in [7, 11) is 0. The summed E-state index contributed by atoms with van der Waals surface area (Å²) in [6.45, 7) is 18.0. The molecule has 0 bridgehead atoms. The van der Waals surface area contributed by atoms with Crippen molar-refractivity contribution in [1.82, 2.24) is 0 Å². The van der Waals surface area contributed by atoms with E-state index in [4.69, 9.17) is 101 Å². The molecular weight excluding hydrogens is 1710 g/mol. The lowest BCUT2D eigenvalue weighted by Gasteiger charge is -2.16. The largest absolute Gasteiger partial charge is 0.493 e. The summed E-state index contributed by atoms with van der Waals surface area (Å²) in [5, 5.41) is 26.8. The number of benzene rings is 6. The fourth-order valence-electron chi connectivity index (χ4n) is 15.3. The Hall–Kier alpha value is -8.76. The van der Waals surface area contributed by atoms with E-state index in [1.807, 2.05) is 109 Å². The predicted octanol–water partition coefficient (Wildman–Crippen LogP) is 24.4. The Labute approximate surface area is 812 Å². The zero-order valence-electron chi connectivity index (χ0n) is 82.9. The van der Waals surface area contributed by atoms with Gasteiger partial charge in [-0.2, -0.15) is 0 Å². The summed E-state index contributed by atoms with van der Waals surface area (Å²) in [4.78, 5) is 0. The SMILES string of the molecule is CCCCCCCCCCOc1cc2c(cc1OCCCCCCCCOc1cccc(OCCOCCOCCO)c1)C#Cc1cc(OCCCCCCCCCC)c(OCCCCCCCCOc3cccc(OCCOCCOCCO)c3)cc1C#Cc1cc(OCCCCCCCCCC)c(OCCCCCCCCOc3cccc(OCCOCCOCCO)c3)cc1C#C2. The molecule has 21 nitrogen and oxygen atoms in total. The minimum absolute atomic E-state index is 0.000274. The number of rotatable bonds is 90. The van der Waals surface area contributed by atoms with Crippen LogP contribution in [0.5, 0.6) is 69.0 Å². The fraction of sp³-hybridized carbons (Fsp3) is 0.632. The molecule has 0 atom stereocenters. The molecule has 0 radical (unpaired) electrons. The van der Waals surface area contributed by atoms with Gasteiger partial charge in [0.05, 0.1) is 159 Å². The van der Waals surface area contributed by atoms with Crippen LogP contribution in [-0.2, 0) is 28.4 Å². The summed E-state index contributed by atoms with van der Waals surface area (Å²) in [6, 6.07) is 35.5. The van der Waals surface area contributed by atoms with Gasteiger partial charge < -0.3 is 101 Å². The van der Waals surface area contributed by atoms with E-state index in [-0.39, 0.29) is 19.8 Å². The van der Waals surface area contributed by atoms with Crippen molar-refractivity contribution in [3.05, 3.63) is 143 Å². The second-order valence-corrected chi connectivity index (χ2v) is 34.5. The van der Waals surface area contributed by atoms with Crippen molar-refractivity contribution < 1.29 is 101 Å². The zero-order valence-corrected chi connectivity index (χ0v) is 82.9. The van der Waals surface area contributed by atoms with Gasteiger partial charge in [0, 0.05) is 88.0 Å². The third-order valence-corrected chi connectivity index (χ3v) is 22.9. The highest BCUT2D eigenvalue weighted by Crippen LogP contribution is 2.37. The highest BCUT2D eigenvalue weighted by Gasteiger charge is 2.19. The van der Waals surface area contributed by atoms with Crippen molar-refractivity contribution in [3.63, 3.8) is 0 Å². The molecule has 0 fully saturated rings. The second-order valence-electron chi connectivity index (χ2n) is 34.5. The molecule has 1 aliphatic rings. The number of ether oxygens (including phenoxy) is 18. The first-order chi connectivity index (χ1) is 66.9. The van der Waals surface area contributed by atoms with E-state index in [9.17, 15) is 0 Å². The van der Waals surface area contributed by atoms with Crippen LogP contribution in [-0.4, -0.2) is 194 Å². The van der Waals surface area contributed by atoms with Crippen molar-refractivity contribution in [2.75, 3.05) is 178 Å². The van der Waals surface area contributed by atoms with E-state index in [0.29, 0.717) is 210 Å². The lowest BCUT2D eigenvalue weighted by Crippen LogP contribution is -2.12. The van der Waals surface area contributed by atoms with Gasteiger partial charge in [-0.25, -0.2) is 0 Å². The topological polar surface area (TPSA) is 227 Å². The maximum atomic E-state index is 8.92. The molecule has 1 aliphatic carbocycles. The first kappa shape index (κ1) is 113. The lowest BCUT2D eigenvalue weighted by molar-refractivity contribution is 0.0247. The lowest BCUT2D eigenvalue weighted by atomic mass is 10.0. The number of unbranched alkanes of at least 4 members (excludes halogenated alkanes) is 36. The minimum atomic E-state index is -0.000274. The van der Waals surface area contributed by atoms with Gasteiger partial charge in [-0.15, -0.1) is 0 Å². The molecule has 750 valence electrons. The number of aliphatic hydroxyl groups is 3. The van der Waals surface area contributed by atoms with Crippen LogP contribution in [0.25, 0.3) is 0 Å². The molecule has 3 N–H and O–H groups in total. The van der Waals surface area contributed by atoms with Crippen LogP contribution >= 0.6 is 0 Å². The Bertz CT molecular complexity index is 3740. The van der Waals surface area contributed by atoms with E-state index in [2.05, 4.69) is 56.3 Å². The average molecular weight is 1870 g/mol. The van der Waals surface area contributed by atoms with E-state index in [0.717, 1.165) is 205 Å². The Kier molecular flexibility index (Phi) is 66.4. The van der Waals surface area contributed by atoms with Crippen LogP contribution in [0.3, 0.4) is 0 Å². The van der Waals surface area contributed by atoms with Crippen molar-refractivity contribution in [2.45, 2.75) is 290 Å². The van der Waals surface area contributed by atoms with Crippen LogP contribution in [0, 0.1) is 35.5 Å². The molecule has 6 aromatic rings. The van der Waals surface area contributed by atoms with Gasteiger partial charge in [-0.3, -0.25) is 0 Å². The van der Waals surface area contributed by atoms with Crippen LogP contribution in [0.4, 0.5) is 0 Å². The molecule has 7 rings (SSSR count). The molecule has 0 aliphatic heterocycles. The van der Waals surface area contributed by atoms with Gasteiger partial charge >= 0.3 is 0 Å². The fourth-order valence-corrected chi connectivity index (χ4v) is 15.3. The Balaban J connectivity index is 1.11. The Morgan fingerprint density at radius 2 is 0.311 bits per heavy atom. The molecule has 6 aromatic carbocycles. The van der Waals surface area contributed by atoms with Crippen LogP contribution in [0.15, 0.2) is 109 Å². The summed E-state index contributed by atoms with van der Waals surface area (Å²) in [5.74, 6) is 30.3. The molecule has 0 aromatic heterocycles. The van der Waals surface area contributed by atoms with E-state index in [1.165, 1.54) is 116 Å². The van der Waals surface area contributed by atoms with E-state index < -0.39 is 0 Å². The molecule has 135 heavy (non-hydrogen) atoms. The maximum Gasteiger partial charge on any atom is 0.162 e. The van der Waals surface area contributed by atoms with Crippen molar-refractivity contribution in [3.8, 4) is 105 Å². The van der Waals surface area contributed by atoms with Crippen LogP contribution in [0.2, 0.25) is 0 Å². The van der Waals surface area contributed by atoms with E-state index in [1.54, 1.807) is 0 Å². The molecule has 0 unspecified atom stereocenters. The number of hydrogen-bond acceptors (Lipinski definition) is 21. The number of aliphatic hydroxyl groups excluding tert-OH is 3. The van der Waals surface area contributed by atoms with Crippen LogP contribution < -0.4 is 56.8 Å². The van der Waals surface area contributed by atoms with Gasteiger partial charge in [-0.1, -0.05) is 286 Å². The monoisotopic (exact) mass is 1870 g/mol. The Morgan fingerprint density at radius 3 is 0.489 bits per heavy atom. The van der Waals surface area contributed by atoms with Gasteiger partial charge in [0.25, 0.3) is 0 Å². The minimum Gasteiger partial charge on any atom is -0.493 e. The van der Waals surface area contributed by atoms with Crippen molar-refractivity contribution in [1.29, 1.82) is 0 Å². The average Bonchev–Trinajstić information content (AvgIpc) is 0.795. The molecule has 0 spiro atoms. The van der Waals surface area contributed by atoms with Gasteiger partial charge in [0.15, 0.2) is 34.5 Å². The smallest absolute Gasteiger partial charge is 0.162 e. The maximum absolute atomic E-state index is 8.92. The summed E-state index contributed by atoms with van der Waals surface area (Å²) < 4.78 is 110. The molecule has 0 heterocycles. The number of fused-ring (bicyclic) bond motifs is 3. The van der Waals surface area contributed by atoms with E-state index >= 15 is 0 Å². The summed E-state index contributed by atoms with van der Waals surface area (Å²) in [6.07, 6.45) is 46.6. The van der Waals surface area contributed by atoms with Gasteiger partial charge in [0.2, 0.25) is 0 Å². The standard InChI is InChI=1S/C114H168O21/c1-4-7-10-13-16-19-31-40-67-130-109-88-97-55-58-101-92-113(134-71-44-35-26-23-29-38-65-125-104-50-47-53-107(95-104)128-86-83-122-80-77-119-74-62-116)111(132-69-42-33-21-18-15-12-9-6-3)90-99(101)57-60-102-93-114(135-72-45-36-27-24-30-39-66-126-105-51-48-54-108(96-105)129-87-84-123-81-78-120-75-63-117)110(131-68-41-32-20-17-14-11-8-5-2)89-98(102)56-59-100(97)91-112(109)133-70-43-34-25-22-28-37-64-124-103-49-46-52-106(94-103)127-85-82-121-79-76-118-73-61-115/h46-54,88-96,115-117H,4-45,61-87H2,1-3H3. The highest BCUT2D eigenvalue weighted by atomic mass is 16.6. The zero-order chi connectivity index (χ0) is 94.9. The van der Waals surface area contributed by atoms with Crippen molar-refractivity contribution >= 4 is 0 Å². The first-order valence-corrected chi connectivity index (χ1v) is 52.1. The number of hydrogen-bond donors (Lipinski definition) is 3. The predicted molar refractivity (Wildman–Crippen MR) is 540 cm³/mol. The second kappa shape index (κ2) is 79.2. The summed E-state index contributed by atoms with van der Waals surface area (Å²) in [5.41, 5.74) is 4.30. The molecule has 21 heteroatoms. The van der Waals surface area contributed by atoms with Gasteiger partial charge in [-0.05, 0) is 94.2 Å².